The van der Waals surface area contributed by atoms with E-state index in [0.717, 1.165) is 10.2 Å². The smallest absolute Gasteiger partial charge is 0.359 e. The van der Waals surface area contributed by atoms with Gasteiger partial charge >= 0.3 is 5.97 Å². The van der Waals surface area contributed by atoms with Crippen LogP contribution in [0.25, 0.3) is 15.9 Å². The average Bonchev–Trinajstić information content (AvgIpc) is 3.10. The number of aromatic nitrogens is 3. The summed E-state index contributed by atoms with van der Waals surface area (Å²) in [6.07, 6.45) is 0. The van der Waals surface area contributed by atoms with E-state index < -0.39 is 5.97 Å². The molecule has 0 aliphatic rings. The number of hydrogen-bond donors (Lipinski definition) is 0. The van der Waals surface area contributed by atoms with Crippen molar-refractivity contribution in [2.75, 3.05) is 0 Å². The quantitative estimate of drug-likeness (QED) is 0.521. The van der Waals surface area contributed by atoms with Crippen LogP contribution in [0.5, 0.6) is 0 Å². The Balaban J connectivity index is 1.54. The number of para-hydroxylation sites is 2. The highest BCUT2D eigenvalue weighted by molar-refractivity contribution is 7.18. The molecule has 0 amide bonds. The molecule has 6 nitrogen and oxygen atoms in total. The summed E-state index contributed by atoms with van der Waals surface area (Å²) < 4.78 is 7.52. The first-order valence-electron chi connectivity index (χ1n) is 7.88. The van der Waals surface area contributed by atoms with E-state index in [-0.39, 0.29) is 17.9 Å². The van der Waals surface area contributed by atoms with Crippen LogP contribution in [0.1, 0.15) is 15.5 Å². The Morgan fingerprint density at radius 3 is 2.58 bits per heavy atom. The first kappa shape index (κ1) is 16.2. The van der Waals surface area contributed by atoms with Gasteiger partial charge in [-0.3, -0.25) is 4.79 Å². The van der Waals surface area contributed by atoms with Gasteiger partial charge in [0.15, 0.2) is 5.69 Å². The summed E-state index contributed by atoms with van der Waals surface area (Å²) in [5, 5.41) is 4.81. The maximum atomic E-state index is 12.3. The van der Waals surface area contributed by atoms with E-state index in [4.69, 9.17) is 4.74 Å². The molecule has 0 aliphatic carbocycles. The van der Waals surface area contributed by atoms with Crippen LogP contribution >= 0.6 is 11.3 Å². The lowest BCUT2D eigenvalue weighted by Gasteiger charge is -2.06. The molecule has 26 heavy (non-hydrogen) atoms. The standard InChI is InChI=1S/C19H13N3O3S/c23-18-11-10-15(21-22(18)13-6-2-1-3-7-13)19(24)25-12-17-20-14-8-4-5-9-16(14)26-17/h1-11H,12H2. The van der Waals surface area contributed by atoms with Gasteiger partial charge in [0.05, 0.1) is 15.9 Å². The van der Waals surface area contributed by atoms with Crippen LogP contribution in [-0.2, 0) is 11.3 Å². The fraction of sp³-hybridized carbons (Fsp3) is 0.0526. The van der Waals surface area contributed by atoms with Gasteiger partial charge in [0.1, 0.15) is 11.6 Å². The Morgan fingerprint density at radius 2 is 1.77 bits per heavy atom. The minimum absolute atomic E-state index is 0.0598. The molecule has 0 saturated carbocycles. The fourth-order valence-corrected chi connectivity index (χ4v) is 3.34. The first-order valence-corrected chi connectivity index (χ1v) is 8.70. The van der Waals surface area contributed by atoms with Crippen LogP contribution in [0, 0.1) is 0 Å². The van der Waals surface area contributed by atoms with Gasteiger partial charge in [-0.05, 0) is 30.3 Å². The molecule has 7 heteroatoms. The van der Waals surface area contributed by atoms with Crippen molar-refractivity contribution in [2.45, 2.75) is 6.61 Å². The third-order valence-electron chi connectivity index (χ3n) is 3.68. The van der Waals surface area contributed by atoms with E-state index in [0.29, 0.717) is 10.7 Å². The lowest BCUT2D eigenvalue weighted by molar-refractivity contribution is 0.0463. The molecule has 0 atom stereocenters. The van der Waals surface area contributed by atoms with Gasteiger partial charge in [-0.15, -0.1) is 11.3 Å². The lowest BCUT2D eigenvalue weighted by Crippen LogP contribution is -2.23. The Bertz CT molecular complexity index is 1100. The fourth-order valence-electron chi connectivity index (χ4n) is 2.46. The molecule has 0 radical (unpaired) electrons. The summed E-state index contributed by atoms with van der Waals surface area (Å²) in [7, 11) is 0. The SMILES string of the molecule is O=C(OCc1nc2ccccc2s1)c1ccc(=O)n(-c2ccccc2)n1. The molecule has 0 unspecified atom stereocenters. The normalized spacial score (nSPS) is 10.8. The molecule has 2 aromatic carbocycles. The molecule has 2 heterocycles. The predicted octanol–water partition coefficient (Wildman–Crippen LogP) is 3.20. The van der Waals surface area contributed by atoms with E-state index in [1.807, 2.05) is 30.3 Å². The summed E-state index contributed by atoms with van der Waals surface area (Å²) >= 11 is 1.47. The number of thiazole rings is 1. The summed E-state index contributed by atoms with van der Waals surface area (Å²) in [5.74, 6) is -0.603. The maximum absolute atomic E-state index is 12.3. The molecule has 2 aromatic heterocycles. The van der Waals surface area contributed by atoms with Gasteiger partial charge in [-0.2, -0.15) is 9.78 Å². The summed E-state index contributed by atoms with van der Waals surface area (Å²) in [4.78, 5) is 28.7. The molecule has 0 fully saturated rings. The Hall–Kier alpha value is -3.32. The van der Waals surface area contributed by atoms with Gasteiger partial charge in [-0.25, -0.2) is 9.78 Å². The van der Waals surface area contributed by atoms with Crippen LogP contribution in [-0.4, -0.2) is 20.7 Å². The van der Waals surface area contributed by atoms with Crippen molar-refractivity contribution in [3.8, 4) is 5.69 Å². The number of carbonyl (C=O) groups excluding carboxylic acids is 1. The number of esters is 1. The van der Waals surface area contributed by atoms with Crippen molar-refractivity contribution in [1.29, 1.82) is 0 Å². The zero-order valence-electron chi connectivity index (χ0n) is 13.5. The third-order valence-corrected chi connectivity index (χ3v) is 4.68. The molecular weight excluding hydrogens is 350 g/mol. The second-order valence-electron chi connectivity index (χ2n) is 5.46. The number of benzene rings is 2. The van der Waals surface area contributed by atoms with Gasteiger partial charge < -0.3 is 4.74 Å². The molecule has 0 bridgehead atoms. The molecule has 128 valence electrons. The van der Waals surface area contributed by atoms with Gasteiger partial charge in [-0.1, -0.05) is 30.3 Å². The summed E-state index contributed by atoms with van der Waals surface area (Å²) in [5.41, 5.74) is 1.20. The second-order valence-corrected chi connectivity index (χ2v) is 6.57. The van der Waals surface area contributed by atoms with E-state index in [1.165, 1.54) is 28.2 Å². The lowest BCUT2D eigenvalue weighted by atomic mass is 10.3. The average molecular weight is 363 g/mol. The van der Waals surface area contributed by atoms with E-state index >= 15 is 0 Å². The van der Waals surface area contributed by atoms with Crippen molar-refractivity contribution in [1.82, 2.24) is 14.8 Å². The number of fused-ring (bicyclic) bond motifs is 1. The minimum Gasteiger partial charge on any atom is -0.454 e. The zero-order valence-corrected chi connectivity index (χ0v) is 14.3. The Morgan fingerprint density at radius 1 is 1.00 bits per heavy atom. The van der Waals surface area contributed by atoms with E-state index in [9.17, 15) is 9.59 Å². The number of nitrogens with zero attached hydrogens (tertiary/aromatic N) is 3. The van der Waals surface area contributed by atoms with Gasteiger partial charge in [0.25, 0.3) is 5.56 Å². The van der Waals surface area contributed by atoms with Crippen molar-refractivity contribution < 1.29 is 9.53 Å². The highest BCUT2D eigenvalue weighted by Crippen LogP contribution is 2.22. The molecular formula is C19H13N3O3S. The van der Waals surface area contributed by atoms with Crippen LogP contribution in [0.4, 0.5) is 0 Å². The largest absolute Gasteiger partial charge is 0.454 e. The molecule has 0 aliphatic heterocycles. The Kier molecular flexibility index (Phi) is 4.28. The molecule has 4 aromatic rings. The van der Waals surface area contributed by atoms with Crippen LogP contribution in [0.3, 0.4) is 0 Å². The predicted molar refractivity (Wildman–Crippen MR) is 98.6 cm³/mol. The highest BCUT2D eigenvalue weighted by atomic mass is 32.1. The van der Waals surface area contributed by atoms with Crippen LogP contribution < -0.4 is 5.56 Å². The van der Waals surface area contributed by atoms with Crippen molar-refractivity contribution >= 4 is 27.5 Å². The molecule has 0 N–H and O–H groups in total. The molecule has 0 spiro atoms. The van der Waals surface area contributed by atoms with Crippen molar-refractivity contribution in [2.24, 2.45) is 0 Å². The van der Waals surface area contributed by atoms with Gasteiger partial charge in [0, 0.05) is 6.07 Å². The highest BCUT2D eigenvalue weighted by Gasteiger charge is 2.13. The number of hydrogen-bond acceptors (Lipinski definition) is 6. The van der Waals surface area contributed by atoms with Crippen LogP contribution in [0.2, 0.25) is 0 Å². The Labute approximate surface area is 152 Å². The van der Waals surface area contributed by atoms with Crippen molar-refractivity contribution in [3.05, 3.63) is 87.8 Å². The number of carbonyl (C=O) groups is 1. The zero-order chi connectivity index (χ0) is 17.9. The monoisotopic (exact) mass is 363 g/mol. The molecule has 0 saturated heterocycles. The topological polar surface area (TPSA) is 74.1 Å². The van der Waals surface area contributed by atoms with E-state index in [1.54, 1.807) is 24.3 Å². The second kappa shape index (κ2) is 6.89. The summed E-state index contributed by atoms with van der Waals surface area (Å²) in [6.45, 7) is 0.0598. The maximum Gasteiger partial charge on any atom is 0.359 e. The van der Waals surface area contributed by atoms with Gasteiger partial charge in [0.2, 0.25) is 0 Å². The summed E-state index contributed by atoms with van der Waals surface area (Å²) in [6, 6.07) is 19.3. The number of rotatable bonds is 4. The minimum atomic E-state index is -0.603. The number of ether oxygens (including phenoxy) is 1. The van der Waals surface area contributed by atoms with Crippen molar-refractivity contribution in [3.63, 3.8) is 0 Å². The third kappa shape index (κ3) is 3.25. The van der Waals surface area contributed by atoms with Crippen LogP contribution in [0.15, 0.2) is 71.5 Å². The molecule has 4 rings (SSSR count). The van der Waals surface area contributed by atoms with E-state index in [2.05, 4.69) is 10.1 Å². The first-order chi connectivity index (χ1) is 12.7.